The number of hydrogen-bond donors (Lipinski definition) is 0. The maximum absolute atomic E-state index is 16.4. The van der Waals surface area contributed by atoms with Crippen LogP contribution in [0.4, 0.5) is 8.78 Å². The number of halogens is 2. The van der Waals surface area contributed by atoms with E-state index in [1.54, 1.807) is 31.2 Å². The van der Waals surface area contributed by atoms with Crippen molar-refractivity contribution in [2.24, 2.45) is 5.16 Å². The van der Waals surface area contributed by atoms with Crippen molar-refractivity contribution >= 4 is 25.9 Å². The Morgan fingerprint density at radius 3 is 2.00 bits per heavy atom. The number of rotatable bonds is 13. The van der Waals surface area contributed by atoms with Crippen molar-refractivity contribution in [2.75, 3.05) is 14.2 Å². The van der Waals surface area contributed by atoms with Gasteiger partial charge in [-0.15, -0.1) is 0 Å². The predicted octanol–water partition coefficient (Wildman–Crippen LogP) is 5.28. The molecule has 0 bridgehead atoms. The Kier molecular flexibility index (Phi) is 9.58. The van der Waals surface area contributed by atoms with E-state index in [1.165, 1.54) is 21.1 Å². The Morgan fingerprint density at radius 1 is 0.902 bits per heavy atom. The van der Waals surface area contributed by atoms with Crippen LogP contribution in [-0.2, 0) is 53.6 Å². The van der Waals surface area contributed by atoms with Crippen LogP contribution in [0.1, 0.15) is 68.4 Å². The Balaban J connectivity index is 2.03. The maximum atomic E-state index is 16.4. The second-order valence-corrected chi connectivity index (χ2v) is 14.8. The topological polar surface area (TPSA) is 118 Å². The number of aryl methyl sites for hydroxylation is 2. The summed E-state index contributed by atoms with van der Waals surface area (Å²) in [6.07, 6.45) is 0.273. The smallest absolute Gasteiger partial charge is 0.339 e. The van der Waals surface area contributed by atoms with Crippen molar-refractivity contribution in [3.8, 4) is 5.75 Å². The Bertz CT molecular complexity index is 1490. The minimum Gasteiger partial charge on any atom is -0.381 e. The van der Waals surface area contributed by atoms with Gasteiger partial charge in [0, 0.05) is 30.9 Å². The number of nitrogens with zero attached hydrogens (tertiary/aromatic N) is 1. The van der Waals surface area contributed by atoms with Gasteiger partial charge in [-0.05, 0) is 64.7 Å². The molecule has 0 aliphatic heterocycles. The molecule has 0 saturated carbocycles. The normalized spacial score (nSPS) is 16.9. The lowest BCUT2D eigenvalue weighted by molar-refractivity contribution is -0.0724. The molecular weight excluding hydrogens is 580 g/mol. The van der Waals surface area contributed by atoms with Gasteiger partial charge in [0.05, 0.1) is 18.9 Å². The molecule has 0 heterocycles. The minimum absolute atomic E-state index is 0.0698. The van der Waals surface area contributed by atoms with Gasteiger partial charge in [-0.1, -0.05) is 41.9 Å². The lowest BCUT2D eigenvalue weighted by Gasteiger charge is -2.42. The van der Waals surface area contributed by atoms with Crippen molar-refractivity contribution in [3.63, 3.8) is 0 Å². The summed E-state index contributed by atoms with van der Waals surface area (Å²) in [5.41, 5.74) is 3.23. The molecule has 1 aliphatic carbocycles. The third kappa shape index (κ3) is 5.86. The monoisotopic (exact) mass is 617 g/mol. The summed E-state index contributed by atoms with van der Waals surface area (Å²) >= 11 is 0. The van der Waals surface area contributed by atoms with E-state index in [1.807, 2.05) is 12.1 Å². The summed E-state index contributed by atoms with van der Waals surface area (Å²) in [4.78, 5) is 0. The standard InChI is InChI=1S/C28H37F2NO8S2/c1-8-27(5,41(34,35)38-25-21(17-36-6)15-19(2)16-22(25)18-37-7)28(29,30)26(3,4)40(32,33)39-31-24-14-13-20-11-9-10-12-23(20)24/h9-12,15-16H,8,13-14,17-18H2,1-7H3/b31-24+. The highest BCUT2D eigenvalue weighted by molar-refractivity contribution is 7.89. The van der Waals surface area contributed by atoms with Crippen molar-refractivity contribution in [1.29, 1.82) is 0 Å². The van der Waals surface area contributed by atoms with E-state index >= 15 is 8.78 Å². The maximum Gasteiger partial charge on any atom is 0.339 e. The fraction of sp³-hybridized carbons (Fsp3) is 0.536. The number of ether oxygens (including phenoxy) is 2. The highest BCUT2D eigenvalue weighted by Crippen LogP contribution is 2.50. The Hall–Kier alpha value is -2.61. The molecule has 0 spiro atoms. The largest absolute Gasteiger partial charge is 0.381 e. The third-order valence-corrected chi connectivity index (χ3v) is 11.5. The first-order valence-electron chi connectivity index (χ1n) is 13.0. The molecule has 13 heteroatoms. The highest BCUT2D eigenvalue weighted by atomic mass is 32.2. The fourth-order valence-electron chi connectivity index (χ4n) is 4.80. The molecule has 1 aliphatic rings. The first kappa shape index (κ1) is 32.9. The van der Waals surface area contributed by atoms with E-state index in [0.717, 1.165) is 18.1 Å². The zero-order valence-corrected chi connectivity index (χ0v) is 25.9. The number of alkyl halides is 2. The van der Waals surface area contributed by atoms with Gasteiger partial charge in [0.25, 0.3) is 5.92 Å². The van der Waals surface area contributed by atoms with Gasteiger partial charge in [0.1, 0.15) is 0 Å². The molecule has 2 aromatic rings. The van der Waals surface area contributed by atoms with Crippen molar-refractivity contribution in [3.05, 3.63) is 64.2 Å². The number of methoxy groups -OCH3 is 2. The van der Waals surface area contributed by atoms with Crippen LogP contribution in [0.5, 0.6) is 5.75 Å². The van der Waals surface area contributed by atoms with Crippen LogP contribution in [-0.4, -0.2) is 52.2 Å². The van der Waals surface area contributed by atoms with Crippen LogP contribution in [0.2, 0.25) is 0 Å². The lowest BCUT2D eigenvalue weighted by Crippen LogP contribution is -2.65. The van der Waals surface area contributed by atoms with Gasteiger partial charge in [-0.2, -0.15) is 16.8 Å². The van der Waals surface area contributed by atoms with Crippen LogP contribution in [0.15, 0.2) is 41.6 Å². The summed E-state index contributed by atoms with van der Waals surface area (Å²) in [5.74, 6) is -4.63. The number of benzene rings is 2. The molecular formula is C28H37F2NO8S2. The lowest BCUT2D eigenvalue weighted by atomic mass is 9.90. The minimum atomic E-state index is -5.21. The summed E-state index contributed by atoms with van der Waals surface area (Å²) in [5, 5.41) is 3.71. The Morgan fingerprint density at radius 2 is 1.46 bits per heavy atom. The second-order valence-electron chi connectivity index (χ2n) is 10.7. The van der Waals surface area contributed by atoms with Crippen LogP contribution in [0, 0.1) is 6.92 Å². The third-order valence-electron chi connectivity index (χ3n) is 7.66. The number of hydrogen-bond acceptors (Lipinski definition) is 9. The zero-order valence-electron chi connectivity index (χ0n) is 24.3. The van der Waals surface area contributed by atoms with E-state index < -0.39 is 42.1 Å². The van der Waals surface area contributed by atoms with Crippen LogP contribution >= 0.6 is 0 Å². The Labute approximate surface area is 241 Å². The highest BCUT2D eigenvalue weighted by Gasteiger charge is 2.71. The predicted molar refractivity (Wildman–Crippen MR) is 151 cm³/mol. The molecule has 228 valence electrons. The average Bonchev–Trinajstić information content (AvgIpc) is 3.32. The molecule has 0 amide bonds. The van der Waals surface area contributed by atoms with E-state index in [9.17, 15) is 16.8 Å². The van der Waals surface area contributed by atoms with Gasteiger partial charge in [-0.25, -0.2) is 8.78 Å². The van der Waals surface area contributed by atoms with Gasteiger partial charge >= 0.3 is 20.2 Å². The second kappa shape index (κ2) is 11.9. The summed E-state index contributed by atoms with van der Waals surface area (Å²) in [6, 6.07) is 10.4. The van der Waals surface area contributed by atoms with Crippen molar-refractivity contribution in [2.45, 2.75) is 82.5 Å². The molecule has 0 fully saturated rings. The van der Waals surface area contributed by atoms with Gasteiger partial charge in [-0.3, -0.25) is 4.28 Å². The van der Waals surface area contributed by atoms with Gasteiger partial charge in [0.15, 0.2) is 15.2 Å². The molecule has 1 unspecified atom stereocenters. The van der Waals surface area contributed by atoms with Crippen LogP contribution in [0.25, 0.3) is 0 Å². The quantitative estimate of drug-likeness (QED) is 0.220. The van der Waals surface area contributed by atoms with Crippen LogP contribution < -0.4 is 4.18 Å². The average molecular weight is 618 g/mol. The molecule has 0 N–H and O–H groups in total. The summed E-state index contributed by atoms with van der Waals surface area (Å²) in [7, 11) is -7.60. The van der Waals surface area contributed by atoms with Gasteiger partial charge in [0.2, 0.25) is 0 Å². The van der Waals surface area contributed by atoms with Crippen molar-refractivity contribution in [1.82, 2.24) is 0 Å². The molecule has 41 heavy (non-hydrogen) atoms. The molecule has 2 aromatic carbocycles. The SMILES string of the molecule is CCC(C)(C(F)(F)C(C)(C)S(=O)(=O)O/N=C1\CCc2ccccc21)S(=O)(=O)Oc1c(COC)cc(C)cc1COC. The molecule has 0 saturated heterocycles. The number of fused-ring (bicyclic) bond motifs is 1. The molecule has 9 nitrogen and oxygen atoms in total. The van der Waals surface area contributed by atoms with E-state index in [0.29, 0.717) is 49.1 Å². The van der Waals surface area contributed by atoms with Crippen LogP contribution in [0.3, 0.4) is 0 Å². The van der Waals surface area contributed by atoms with E-state index in [2.05, 4.69) is 5.16 Å². The number of oxime groups is 1. The van der Waals surface area contributed by atoms with Gasteiger partial charge < -0.3 is 13.7 Å². The summed E-state index contributed by atoms with van der Waals surface area (Å²) in [6.45, 7) is 5.04. The first-order valence-corrected chi connectivity index (χ1v) is 15.8. The molecule has 0 aromatic heterocycles. The van der Waals surface area contributed by atoms with E-state index in [4.69, 9.17) is 17.9 Å². The summed E-state index contributed by atoms with van der Waals surface area (Å²) < 4.78 is 101. The zero-order chi connectivity index (χ0) is 30.9. The first-order chi connectivity index (χ1) is 19.0. The fourth-order valence-corrected chi connectivity index (χ4v) is 7.32. The molecule has 1 atom stereocenters. The van der Waals surface area contributed by atoms with Crippen molar-refractivity contribution < 1.29 is 43.6 Å². The molecule has 3 rings (SSSR count). The molecule has 0 radical (unpaired) electrons. The van der Waals surface area contributed by atoms with E-state index in [-0.39, 0.29) is 19.0 Å².